The number of nitrogens with zero attached hydrogens (tertiary/aromatic N) is 3. The molecule has 0 aliphatic rings. The molecule has 1 N–H and O–H groups in total. The zero-order chi connectivity index (χ0) is 16.9. The minimum atomic E-state index is -0.184. The lowest BCUT2D eigenvalue weighted by Crippen LogP contribution is -2.16. The van der Waals surface area contributed by atoms with Gasteiger partial charge < -0.3 is 5.32 Å². The number of pyridine rings is 1. The Morgan fingerprint density at radius 3 is 2.54 bits per heavy atom. The summed E-state index contributed by atoms with van der Waals surface area (Å²) in [6.07, 6.45) is 3.29. The molecule has 5 nitrogen and oxygen atoms in total. The first-order valence-corrected chi connectivity index (χ1v) is 7.97. The Bertz CT molecular complexity index is 810. The van der Waals surface area contributed by atoms with Crippen molar-refractivity contribution in [2.45, 2.75) is 26.3 Å². The minimum Gasteiger partial charge on any atom is -0.306 e. The van der Waals surface area contributed by atoms with Crippen molar-refractivity contribution in [1.29, 1.82) is 0 Å². The van der Waals surface area contributed by atoms with Crippen LogP contribution in [-0.4, -0.2) is 20.7 Å². The molecule has 0 bridgehead atoms. The lowest BCUT2D eigenvalue weighted by Gasteiger charge is -2.13. The summed E-state index contributed by atoms with van der Waals surface area (Å²) in [4.78, 5) is 16.7. The van der Waals surface area contributed by atoms with E-state index < -0.39 is 0 Å². The molecule has 122 valence electrons. The second kappa shape index (κ2) is 7.08. The Morgan fingerprint density at radius 1 is 1.12 bits per heavy atom. The van der Waals surface area contributed by atoms with E-state index in [2.05, 4.69) is 41.4 Å². The van der Waals surface area contributed by atoms with E-state index in [1.54, 1.807) is 18.5 Å². The molecule has 0 aliphatic carbocycles. The van der Waals surface area contributed by atoms with E-state index in [0.29, 0.717) is 17.9 Å². The monoisotopic (exact) mass is 320 g/mol. The van der Waals surface area contributed by atoms with Gasteiger partial charge in [0.05, 0.1) is 24.0 Å². The van der Waals surface area contributed by atoms with Crippen LogP contribution >= 0.6 is 0 Å². The van der Waals surface area contributed by atoms with Gasteiger partial charge in [-0.3, -0.25) is 9.48 Å². The topological polar surface area (TPSA) is 59.8 Å². The summed E-state index contributed by atoms with van der Waals surface area (Å²) in [6, 6.07) is 15.5. The van der Waals surface area contributed by atoms with E-state index >= 15 is 0 Å². The number of hydrogen-bond acceptors (Lipinski definition) is 3. The molecule has 0 aliphatic heterocycles. The van der Waals surface area contributed by atoms with E-state index in [9.17, 15) is 4.79 Å². The molecular weight excluding hydrogens is 300 g/mol. The molecule has 5 heteroatoms. The Kier molecular flexibility index (Phi) is 4.70. The zero-order valence-electron chi connectivity index (χ0n) is 13.8. The number of nitrogens with one attached hydrogen (secondary N) is 1. The fraction of sp³-hybridized carbons (Fsp3) is 0.211. The third-order valence-corrected chi connectivity index (χ3v) is 3.75. The van der Waals surface area contributed by atoms with Gasteiger partial charge in [-0.15, -0.1) is 0 Å². The first-order chi connectivity index (χ1) is 11.6. The fourth-order valence-corrected chi connectivity index (χ4v) is 2.68. The van der Waals surface area contributed by atoms with Crippen LogP contribution in [-0.2, 0) is 6.54 Å². The van der Waals surface area contributed by atoms with Crippen LogP contribution in [0.1, 0.15) is 41.4 Å². The molecule has 0 saturated heterocycles. The van der Waals surface area contributed by atoms with Crippen molar-refractivity contribution in [3.8, 4) is 0 Å². The van der Waals surface area contributed by atoms with Crippen LogP contribution < -0.4 is 5.32 Å². The van der Waals surface area contributed by atoms with Crippen LogP contribution in [0.25, 0.3) is 0 Å². The summed E-state index contributed by atoms with van der Waals surface area (Å²) in [5.41, 5.74) is 2.66. The molecule has 0 radical (unpaired) electrons. The maximum Gasteiger partial charge on any atom is 0.260 e. The quantitative estimate of drug-likeness (QED) is 0.780. The van der Waals surface area contributed by atoms with Gasteiger partial charge >= 0.3 is 0 Å². The van der Waals surface area contributed by atoms with Gasteiger partial charge in [0, 0.05) is 6.20 Å². The largest absolute Gasteiger partial charge is 0.306 e. The summed E-state index contributed by atoms with van der Waals surface area (Å²) in [5, 5.41) is 7.26. The Hall–Kier alpha value is -2.95. The molecular formula is C19H20N4O. The first kappa shape index (κ1) is 15.9. The highest BCUT2D eigenvalue weighted by Crippen LogP contribution is 2.21. The van der Waals surface area contributed by atoms with Crippen molar-refractivity contribution in [2.75, 3.05) is 5.32 Å². The van der Waals surface area contributed by atoms with Crippen molar-refractivity contribution in [2.24, 2.45) is 0 Å². The molecule has 3 aromatic rings. The van der Waals surface area contributed by atoms with Crippen LogP contribution in [0.3, 0.4) is 0 Å². The first-order valence-electron chi connectivity index (χ1n) is 7.97. The molecule has 2 aromatic heterocycles. The van der Waals surface area contributed by atoms with Crippen molar-refractivity contribution in [3.05, 3.63) is 77.7 Å². The van der Waals surface area contributed by atoms with Crippen molar-refractivity contribution < 1.29 is 4.79 Å². The van der Waals surface area contributed by atoms with Gasteiger partial charge in [-0.2, -0.15) is 5.10 Å². The third-order valence-electron chi connectivity index (χ3n) is 3.75. The minimum absolute atomic E-state index is 0.181. The molecule has 1 amide bonds. The Labute approximate surface area is 141 Å². The summed E-state index contributed by atoms with van der Waals surface area (Å²) >= 11 is 0. The third kappa shape index (κ3) is 3.51. The number of hydrogen-bond donors (Lipinski definition) is 1. The maximum atomic E-state index is 12.6. The average molecular weight is 320 g/mol. The number of rotatable bonds is 5. The molecule has 1 aromatic carbocycles. The number of carbonyl (C=O) groups is 1. The van der Waals surface area contributed by atoms with Gasteiger partial charge in [-0.05, 0) is 23.6 Å². The number of benzene rings is 1. The van der Waals surface area contributed by atoms with Crippen LogP contribution in [0, 0.1) is 0 Å². The molecule has 0 spiro atoms. The maximum absolute atomic E-state index is 12.6. The second-order valence-corrected chi connectivity index (χ2v) is 5.91. The smallest absolute Gasteiger partial charge is 0.260 e. The van der Waals surface area contributed by atoms with E-state index in [1.807, 2.05) is 35.0 Å². The summed E-state index contributed by atoms with van der Waals surface area (Å²) in [7, 11) is 0. The Morgan fingerprint density at radius 2 is 1.88 bits per heavy atom. The molecule has 0 saturated carbocycles. The second-order valence-electron chi connectivity index (χ2n) is 5.91. The standard InChI is InChI=1S/C19H20N4O/c1-14(2)18-16(19(24)22-17-10-6-7-11-20-17)12-21-23(18)13-15-8-4-3-5-9-15/h3-12,14H,13H2,1-2H3,(H,20,22,24). The predicted molar refractivity (Wildman–Crippen MR) is 94.1 cm³/mol. The van der Waals surface area contributed by atoms with E-state index in [0.717, 1.165) is 11.3 Å². The van der Waals surface area contributed by atoms with Crippen LogP contribution in [0.15, 0.2) is 60.9 Å². The van der Waals surface area contributed by atoms with Crippen molar-refractivity contribution >= 4 is 11.7 Å². The van der Waals surface area contributed by atoms with Crippen molar-refractivity contribution in [3.63, 3.8) is 0 Å². The highest BCUT2D eigenvalue weighted by atomic mass is 16.1. The van der Waals surface area contributed by atoms with E-state index in [4.69, 9.17) is 0 Å². The number of anilines is 1. The van der Waals surface area contributed by atoms with Gasteiger partial charge in [-0.25, -0.2) is 4.98 Å². The van der Waals surface area contributed by atoms with Crippen LogP contribution in [0.4, 0.5) is 5.82 Å². The van der Waals surface area contributed by atoms with Gasteiger partial charge in [0.2, 0.25) is 0 Å². The average Bonchev–Trinajstić information content (AvgIpc) is 3.00. The lowest BCUT2D eigenvalue weighted by atomic mass is 10.0. The Balaban J connectivity index is 1.87. The fourth-order valence-electron chi connectivity index (χ4n) is 2.68. The van der Waals surface area contributed by atoms with Gasteiger partial charge in [-0.1, -0.05) is 50.2 Å². The molecule has 24 heavy (non-hydrogen) atoms. The summed E-state index contributed by atoms with van der Waals surface area (Å²) < 4.78 is 1.90. The molecule has 3 rings (SSSR count). The number of amides is 1. The van der Waals surface area contributed by atoms with Crippen LogP contribution in [0.5, 0.6) is 0 Å². The highest BCUT2D eigenvalue weighted by Gasteiger charge is 2.20. The highest BCUT2D eigenvalue weighted by molar-refractivity contribution is 6.04. The van der Waals surface area contributed by atoms with Crippen LogP contribution in [0.2, 0.25) is 0 Å². The molecule has 2 heterocycles. The summed E-state index contributed by atoms with van der Waals surface area (Å²) in [6.45, 7) is 4.78. The lowest BCUT2D eigenvalue weighted by molar-refractivity contribution is 0.102. The number of aromatic nitrogens is 3. The summed E-state index contributed by atoms with van der Waals surface area (Å²) in [5.74, 6) is 0.533. The van der Waals surface area contributed by atoms with Crippen molar-refractivity contribution in [1.82, 2.24) is 14.8 Å². The SMILES string of the molecule is CC(C)c1c(C(=O)Nc2ccccn2)cnn1Cc1ccccc1. The molecule has 0 atom stereocenters. The van der Waals surface area contributed by atoms with Gasteiger partial charge in [0.25, 0.3) is 5.91 Å². The predicted octanol–water partition coefficient (Wildman–Crippen LogP) is 3.70. The van der Waals surface area contributed by atoms with Gasteiger partial charge in [0.15, 0.2) is 0 Å². The van der Waals surface area contributed by atoms with E-state index in [-0.39, 0.29) is 11.8 Å². The van der Waals surface area contributed by atoms with Gasteiger partial charge in [0.1, 0.15) is 5.82 Å². The zero-order valence-corrected chi connectivity index (χ0v) is 13.8. The van der Waals surface area contributed by atoms with E-state index in [1.165, 1.54) is 0 Å². The normalized spacial score (nSPS) is 10.8. The molecule has 0 fully saturated rings. The molecule has 0 unspecified atom stereocenters. The number of carbonyl (C=O) groups excluding carboxylic acids is 1.